The van der Waals surface area contributed by atoms with Crippen LogP contribution in [0.2, 0.25) is 0 Å². The molecule has 1 aliphatic carbocycles. The molecule has 1 nitrogen and oxygen atoms in total. The summed E-state index contributed by atoms with van der Waals surface area (Å²) in [4.78, 5) is 0. The van der Waals surface area contributed by atoms with Gasteiger partial charge in [0.15, 0.2) is 0 Å². The summed E-state index contributed by atoms with van der Waals surface area (Å²) >= 11 is 2.09. The third kappa shape index (κ3) is 2.63. The molecule has 1 aliphatic rings. The molecule has 0 saturated heterocycles. The number of hydrogen-bond donors (Lipinski definition) is 1. The van der Waals surface area contributed by atoms with E-state index in [-0.39, 0.29) is 0 Å². The average Bonchev–Trinajstić information content (AvgIpc) is 2.30. The Morgan fingerprint density at radius 2 is 2.08 bits per heavy atom. The molecule has 0 heterocycles. The molecule has 0 bridgehead atoms. The van der Waals surface area contributed by atoms with Crippen LogP contribution in [-0.2, 0) is 0 Å². The number of nitrogens with two attached hydrogens (primary N) is 1. The van der Waals surface area contributed by atoms with Crippen LogP contribution in [0.25, 0.3) is 0 Å². The quantitative estimate of drug-likeness (QED) is 0.743. The lowest BCUT2D eigenvalue weighted by Crippen LogP contribution is -2.40. The summed E-state index contributed by atoms with van der Waals surface area (Å²) in [5.74, 6) is 0.793. The Morgan fingerprint density at radius 3 is 2.38 bits per heavy atom. The molecule has 0 aromatic heterocycles. The zero-order valence-electron chi connectivity index (χ0n) is 9.39. The van der Waals surface area contributed by atoms with Gasteiger partial charge < -0.3 is 5.73 Å². The largest absolute Gasteiger partial charge is 0.329 e. The maximum atomic E-state index is 5.95. The van der Waals surface area contributed by atoms with Crippen molar-refractivity contribution in [3.05, 3.63) is 0 Å². The van der Waals surface area contributed by atoms with Crippen molar-refractivity contribution in [3.63, 3.8) is 0 Å². The molecule has 2 N–H and O–H groups in total. The molecule has 1 rings (SSSR count). The van der Waals surface area contributed by atoms with Crippen molar-refractivity contribution in [1.82, 2.24) is 0 Å². The molecular formula is C11H23NS. The van der Waals surface area contributed by atoms with Crippen LogP contribution in [0.3, 0.4) is 0 Å². The predicted octanol–water partition coefficient (Wildman–Crippen LogP) is 3.04. The monoisotopic (exact) mass is 201 g/mol. The standard InChI is InChI=1S/C11H23NS/c1-9-6-5-7-11(9,8-12)13-10(2,3)4/h9H,5-8,12H2,1-4H3. The van der Waals surface area contributed by atoms with Crippen LogP contribution in [-0.4, -0.2) is 16.0 Å². The van der Waals surface area contributed by atoms with E-state index in [1.165, 1.54) is 19.3 Å². The Hall–Kier alpha value is 0.310. The highest BCUT2D eigenvalue weighted by atomic mass is 32.2. The van der Waals surface area contributed by atoms with E-state index in [2.05, 4.69) is 39.5 Å². The molecule has 0 spiro atoms. The molecule has 0 aromatic rings. The second kappa shape index (κ2) is 3.82. The summed E-state index contributed by atoms with van der Waals surface area (Å²) in [5, 5.41) is 0. The van der Waals surface area contributed by atoms with Crippen molar-refractivity contribution < 1.29 is 0 Å². The third-order valence-electron chi connectivity index (χ3n) is 2.99. The highest BCUT2D eigenvalue weighted by molar-refractivity contribution is 8.02. The van der Waals surface area contributed by atoms with Gasteiger partial charge >= 0.3 is 0 Å². The molecule has 0 aromatic carbocycles. The van der Waals surface area contributed by atoms with Gasteiger partial charge in [0, 0.05) is 16.0 Å². The van der Waals surface area contributed by atoms with Crippen LogP contribution in [0.5, 0.6) is 0 Å². The summed E-state index contributed by atoms with van der Waals surface area (Å²) in [7, 11) is 0. The second-order valence-corrected chi connectivity index (χ2v) is 7.52. The van der Waals surface area contributed by atoms with Gasteiger partial charge in [-0.3, -0.25) is 0 Å². The lowest BCUT2D eigenvalue weighted by atomic mass is 9.97. The van der Waals surface area contributed by atoms with Crippen LogP contribution in [0, 0.1) is 5.92 Å². The molecule has 78 valence electrons. The van der Waals surface area contributed by atoms with Gasteiger partial charge in [-0.05, 0) is 18.8 Å². The van der Waals surface area contributed by atoms with Gasteiger partial charge in [0.05, 0.1) is 0 Å². The van der Waals surface area contributed by atoms with Crippen molar-refractivity contribution in [2.75, 3.05) is 6.54 Å². The normalized spacial score (nSPS) is 35.3. The first kappa shape index (κ1) is 11.4. The Morgan fingerprint density at radius 1 is 1.46 bits per heavy atom. The van der Waals surface area contributed by atoms with Crippen molar-refractivity contribution >= 4 is 11.8 Å². The molecule has 0 radical (unpaired) electrons. The Kier molecular flexibility index (Phi) is 3.34. The molecule has 2 unspecified atom stereocenters. The highest BCUT2D eigenvalue weighted by Crippen LogP contribution is 2.49. The Labute approximate surface area is 86.8 Å². The third-order valence-corrected chi connectivity index (χ3v) is 4.78. The van der Waals surface area contributed by atoms with Gasteiger partial charge in [-0.1, -0.05) is 34.1 Å². The van der Waals surface area contributed by atoms with Gasteiger partial charge in [0.25, 0.3) is 0 Å². The van der Waals surface area contributed by atoms with E-state index in [1.54, 1.807) is 0 Å². The lowest BCUT2D eigenvalue weighted by Gasteiger charge is -2.37. The van der Waals surface area contributed by atoms with Crippen LogP contribution in [0.15, 0.2) is 0 Å². The van der Waals surface area contributed by atoms with Gasteiger partial charge in [-0.15, -0.1) is 11.8 Å². The fraction of sp³-hybridized carbons (Fsp3) is 1.00. The van der Waals surface area contributed by atoms with E-state index in [0.29, 0.717) is 9.49 Å². The zero-order chi connectivity index (χ0) is 10.1. The Balaban J connectivity index is 2.70. The lowest BCUT2D eigenvalue weighted by molar-refractivity contribution is 0.470. The summed E-state index contributed by atoms with van der Waals surface area (Å²) < 4.78 is 0.718. The molecule has 13 heavy (non-hydrogen) atoms. The van der Waals surface area contributed by atoms with Crippen LogP contribution in [0.1, 0.15) is 47.0 Å². The average molecular weight is 201 g/mol. The van der Waals surface area contributed by atoms with Crippen LogP contribution in [0.4, 0.5) is 0 Å². The van der Waals surface area contributed by atoms with Gasteiger partial charge in [0.2, 0.25) is 0 Å². The van der Waals surface area contributed by atoms with E-state index < -0.39 is 0 Å². The second-order valence-electron chi connectivity index (χ2n) is 5.28. The van der Waals surface area contributed by atoms with Gasteiger partial charge in [-0.25, -0.2) is 0 Å². The van der Waals surface area contributed by atoms with E-state index in [1.807, 2.05) is 0 Å². The van der Waals surface area contributed by atoms with E-state index >= 15 is 0 Å². The molecule has 0 amide bonds. The summed E-state index contributed by atoms with van der Waals surface area (Å²) in [6.07, 6.45) is 4.04. The highest BCUT2D eigenvalue weighted by Gasteiger charge is 2.42. The molecular weight excluding hydrogens is 178 g/mol. The van der Waals surface area contributed by atoms with Crippen molar-refractivity contribution in [1.29, 1.82) is 0 Å². The fourth-order valence-corrected chi connectivity index (χ4v) is 4.19. The smallest absolute Gasteiger partial charge is 0.0313 e. The van der Waals surface area contributed by atoms with E-state index in [0.717, 1.165) is 12.5 Å². The number of rotatable bonds is 2. The van der Waals surface area contributed by atoms with Crippen LogP contribution < -0.4 is 5.73 Å². The summed E-state index contributed by atoms with van der Waals surface area (Å²) in [6.45, 7) is 10.1. The van der Waals surface area contributed by atoms with Crippen molar-refractivity contribution in [3.8, 4) is 0 Å². The summed E-state index contributed by atoms with van der Waals surface area (Å²) in [6, 6.07) is 0. The SMILES string of the molecule is CC1CCCC1(CN)SC(C)(C)C. The van der Waals surface area contributed by atoms with Crippen molar-refractivity contribution in [2.24, 2.45) is 11.7 Å². The topological polar surface area (TPSA) is 26.0 Å². The van der Waals surface area contributed by atoms with Gasteiger partial charge in [-0.2, -0.15) is 0 Å². The maximum absolute atomic E-state index is 5.95. The number of hydrogen-bond acceptors (Lipinski definition) is 2. The first-order chi connectivity index (χ1) is 5.90. The maximum Gasteiger partial charge on any atom is 0.0313 e. The minimum atomic E-state index is 0.345. The van der Waals surface area contributed by atoms with Gasteiger partial charge in [0.1, 0.15) is 0 Å². The first-order valence-corrected chi connectivity index (χ1v) is 6.11. The zero-order valence-corrected chi connectivity index (χ0v) is 10.2. The predicted molar refractivity (Wildman–Crippen MR) is 62.1 cm³/mol. The minimum absolute atomic E-state index is 0.345. The molecule has 2 heteroatoms. The molecule has 1 saturated carbocycles. The van der Waals surface area contributed by atoms with Crippen LogP contribution >= 0.6 is 11.8 Å². The fourth-order valence-electron chi connectivity index (χ4n) is 2.32. The van der Waals surface area contributed by atoms with E-state index in [9.17, 15) is 0 Å². The van der Waals surface area contributed by atoms with Crippen molar-refractivity contribution in [2.45, 2.75) is 56.5 Å². The minimum Gasteiger partial charge on any atom is -0.329 e. The molecule has 1 fully saturated rings. The number of thioether (sulfide) groups is 1. The molecule has 0 aliphatic heterocycles. The molecule has 2 atom stereocenters. The van der Waals surface area contributed by atoms with E-state index in [4.69, 9.17) is 5.73 Å². The first-order valence-electron chi connectivity index (χ1n) is 5.30. The Bertz CT molecular complexity index is 173. The summed E-state index contributed by atoms with van der Waals surface area (Å²) in [5.41, 5.74) is 5.95.